The predicted octanol–water partition coefficient (Wildman–Crippen LogP) is 3.75. The summed E-state index contributed by atoms with van der Waals surface area (Å²) in [6.45, 7) is 7.42. The number of benzene rings is 1. The monoisotopic (exact) mass is 321 g/mol. The third kappa shape index (κ3) is 5.93. The van der Waals surface area contributed by atoms with Gasteiger partial charge in [-0.2, -0.15) is 0 Å². The van der Waals surface area contributed by atoms with Crippen molar-refractivity contribution < 1.29 is 19.4 Å². The molecule has 0 saturated carbocycles. The van der Waals surface area contributed by atoms with E-state index in [-0.39, 0.29) is 12.5 Å². The second-order valence-electron chi connectivity index (χ2n) is 6.73. The highest BCUT2D eigenvalue weighted by molar-refractivity contribution is 5.73. The molecule has 1 aromatic carbocycles. The van der Waals surface area contributed by atoms with Gasteiger partial charge in [-0.3, -0.25) is 4.79 Å². The molecule has 1 aromatic rings. The van der Waals surface area contributed by atoms with Crippen LogP contribution in [0.2, 0.25) is 0 Å². The lowest BCUT2D eigenvalue weighted by Crippen LogP contribution is -2.40. The van der Waals surface area contributed by atoms with Crippen molar-refractivity contribution in [2.75, 3.05) is 13.6 Å². The molecule has 1 amide bonds. The SMILES string of the molecule is CC[C@@H](c1ccccc1)[C@@H](CN(C)C(=O)OC(C)(C)C)C(=O)O. The van der Waals surface area contributed by atoms with Crippen LogP contribution in [0.5, 0.6) is 0 Å². The van der Waals surface area contributed by atoms with Crippen LogP contribution in [-0.2, 0) is 9.53 Å². The molecule has 0 aliphatic rings. The molecule has 0 saturated heterocycles. The van der Waals surface area contributed by atoms with Crippen LogP contribution in [-0.4, -0.2) is 41.3 Å². The van der Waals surface area contributed by atoms with E-state index >= 15 is 0 Å². The van der Waals surface area contributed by atoms with Gasteiger partial charge in [-0.15, -0.1) is 0 Å². The maximum absolute atomic E-state index is 12.1. The summed E-state index contributed by atoms with van der Waals surface area (Å²) < 4.78 is 5.29. The molecule has 0 spiro atoms. The number of rotatable bonds is 6. The Labute approximate surface area is 138 Å². The highest BCUT2D eigenvalue weighted by Crippen LogP contribution is 2.29. The minimum absolute atomic E-state index is 0.109. The van der Waals surface area contributed by atoms with Crippen molar-refractivity contribution in [2.24, 2.45) is 5.92 Å². The summed E-state index contributed by atoms with van der Waals surface area (Å²) in [6, 6.07) is 9.55. The van der Waals surface area contributed by atoms with E-state index < -0.39 is 23.6 Å². The molecule has 5 nitrogen and oxygen atoms in total. The lowest BCUT2D eigenvalue weighted by Gasteiger charge is -2.29. The standard InChI is InChI=1S/C18H27NO4/c1-6-14(13-10-8-7-9-11-13)15(16(20)21)12-19(5)17(22)23-18(2,3)4/h7-11,14-15H,6,12H2,1-5H3,(H,20,21)/t14-,15+/m0/s1. The van der Waals surface area contributed by atoms with Crippen LogP contribution in [0, 0.1) is 5.92 Å². The van der Waals surface area contributed by atoms with Crippen LogP contribution in [0.4, 0.5) is 4.79 Å². The number of aliphatic carboxylic acids is 1. The summed E-state index contributed by atoms with van der Waals surface area (Å²) in [7, 11) is 1.57. The van der Waals surface area contributed by atoms with Crippen molar-refractivity contribution in [3.05, 3.63) is 35.9 Å². The number of carboxylic acid groups (broad SMARTS) is 1. The molecule has 0 unspecified atom stereocenters. The topological polar surface area (TPSA) is 66.8 Å². The summed E-state index contributed by atoms with van der Waals surface area (Å²) in [5.41, 5.74) is 0.369. The summed E-state index contributed by atoms with van der Waals surface area (Å²) in [5.74, 6) is -1.74. The Morgan fingerprint density at radius 2 is 1.78 bits per heavy atom. The summed E-state index contributed by atoms with van der Waals surface area (Å²) in [4.78, 5) is 25.2. The number of carbonyl (C=O) groups excluding carboxylic acids is 1. The minimum atomic E-state index is -0.906. The third-order valence-corrected chi connectivity index (χ3v) is 3.65. The van der Waals surface area contributed by atoms with Crippen LogP contribution in [0.25, 0.3) is 0 Å². The van der Waals surface area contributed by atoms with E-state index in [0.717, 1.165) is 5.56 Å². The molecule has 128 valence electrons. The van der Waals surface area contributed by atoms with Crippen molar-refractivity contribution in [1.82, 2.24) is 4.90 Å². The number of amides is 1. The summed E-state index contributed by atoms with van der Waals surface area (Å²) in [5, 5.41) is 9.62. The molecule has 23 heavy (non-hydrogen) atoms. The number of carbonyl (C=O) groups is 2. The van der Waals surface area contributed by atoms with E-state index in [1.54, 1.807) is 27.8 Å². The van der Waals surface area contributed by atoms with Crippen molar-refractivity contribution >= 4 is 12.1 Å². The largest absolute Gasteiger partial charge is 0.481 e. The Morgan fingerprint density at radius 3 is 2.22 bits per heavy atom. The van der Waals surface area contributed by atoms with Gasteiger partial charge in [-0.25, -0.2) is 4.79 Å². The fourth-order valence-electron chi connectivity index (χ4n) is 2.54. The Kier molecular flexibility index (Phi) is 6.61. The van der Waals surface area contributed by atoms with E-state index in [1.807, 2.05) is 37.3 Å². The fraction of sp³-hybridized carbons (Fsp3) is 0.556. The van der Waals surface area contributed by atoms with Gasteiger partial charge in [0.25, 0.3) is 0 Å². The van der Waals surface area contributed by atoms with Crippen molar-refractivity contribution in [3.8, 4) is 0 Å². The average Bonchev–Trinajstić information content (AvgIpc) is 2.46. The number of carboxylic acids is 1. The zero-order valence-electron chi connectivity index (χ0n) is 14.6. The van der Waals surface area contributed by atoms with Gasteiger partial charge in [0.05, 0.1) is 5.92 Å². The van der Waals surface area contributed by atoms with E-state index in [2.05, 4.69) is 0 Å². The van der Waals surface area contributed by atoms with E-state index in [0.29, 0.717) is 6.42 Å². The smallest absolute Gasteiger partial charge is 0.410 e. The molecule has 0 aliphatic heterocycles. The average molecular weight is 321 g/mol. The molecule has 0 radical (unpaired) electrons. The highest BCUT2D eigenvalue weighted by Gasteiger charge is 2.31. The zero-order valence-corrected chi connectivity index (χ0v) is 14.6. The summed E-state index contributed by atoms with van der Waals surface area (Å²) >= 11 is 0. The van der Waals surface area contributed by atoms with Crippen LogP contribution < -0.4 is 0 Å². The quantitative estimate of drug-likeness (QED) is 0.866. The van der Waals surface area contributed by atoms with E-state index in [1.165, 1.54) is 4.90 Å². The van der Waals surface area contributed by atoms with Gasteiger partial charge < -0.3 is 14.7 Å². The van der Waals surface area contributed by atoms with Crippen LogP contribution in [0.1, 0.15) is 45.6 Å². The number of hydrogen-bond acceptors (Lipinski definition) is 3. The van der Waals surface area contributed by atoms with Crippen LogP contribution in [0.15, 0.2) is 30.3 Å². The molecule has 0 fully saturated rings. The van der Waals surface area contributed by atoms with Gasteiger partial charge in [-0.1, -0.05) is 37.3 Å². The van der Waals surface area contributed by atoms with Gasteiger partial charge in [-0.05, 0) is 38.7 Å². The zero-order chi connectivity index (χ0) is 17.6. The minimum Gasteiger partial charge on any atom is -0.481 e. The number of hydrogen-bond donors (Lipinski definition) is 1. The van der Waals surface area contributed by atoms with Crippen molar-refractivity contribution in [1.29, 1.82) is 0 Å². The fourth-order valence-corrected chi connectivity index (χ4v) is 2.54. The Morgan fingerprint density at radius 1 is 1.22 bits per heavy atom. The van der Waals surface area contributed by atoms with Gasteiger partial charge in [0.1, 0.15) is 5.60 Å². The number of nitrogens with zero attached hydrogens (tertiary/aromatic N) is 1. The second kappa shape index (κ2) is 7.99. The highest BCUT2D eigenvalue weighted by atomic mass is 16.6. The Hall–Kier alpha value is -2.04. The molecule has 5 heteroatoms. The Bertz CT molecular complexity index is 522. The van der Waals surface area contributed by atoms with Crippen LogP contribution in [0.3, 0.4) is 0 Å². The summed E-state index contributed by atoms with van der Waals surface area (Å²) in [6.07, 6.45) is 0.176. The molecular weight excluding hydrogens is 294 g/mol. The Balaban J connectivity index is 2.90. The molecule has 2 atom stereocenters. The lowest BCUT2D eigenvalue weighted by molar-refractivity contribution is -0.143. The van der Waals surface area contributed by atoms with E-state index in [4.69, 9.17) is 4.74 Å². The third-order valence-electron chi connectivity index (χ3n) is 3.65. The predicted molar refractivity (Wildman–Crippen MR) is 89.5 cm³/mol. The van der Waals surface area contributed by atoms with Crippen molar-refractivity contribution in [2.45, 2.75) is 45.6 Å². The first-order valence-corrected chi connectivity index (χ1v) is 7.87. The molecule has 1 rings (SSSR count). The first-order chi connectivity index (χ1) is 10.7. The first-order valence-electron chi connectivity index (χ1n) is 7.87. The van der Waals surface area contributed by atoms with Crippen molar-refractivity contribution in [3.63, 3.8) is 0 Å². The van der Waals surface area contributed by atoms with Gasteiger partial charge >= 0.3 is 12.1 Å². The lowest BCUT2D eigenvalue weighted by atomic mass is 9.83. The van der Waals surface area contributed by atoms with Crippen LogP contribution >= 0.6 is 0 Å². The maximum Gasteiger partial charge on any atom is 0.410 e. The molecule has 0 bridgehead atoms. The molecule has 0 heterocycles. The maximum atomic E-state index is 12.1. The first kappa shape index (κ1) is 19.0. The number of ether oxygens (including phenoxy) is 1. The van der Waals surface area contributed by atoms with Gasteiger partial charge in [0.2, 0.25) is 0 Å². The molecule has 1 N–H and O–H groups in total. The van der Waals surface area contributed by atoms with E-state index in [9.17, 15) is 14.7 Å². The normalized spacial score (nSPS) is 14.0. The second-order valence-corrected chi connectivity index (χ2v) is 6.73. The van der Waals surface area contributed by atoms with Gasteiger partial charge in [0.15, 0.2) is 0 Å². The molecular formula is C18H27NO4. The molecule has 0 aliphatic carbocycles. The molecule has 0 aromatic heterocycles. The van der Waals surface area contributed by atoms with Gasteiger partial charge in [0, 0.05) is 13.6 Å².